The molecule has 0 radical (unpaired) electrons. The Hall–Kier alpha value is -0.360. The molecule has 20 heavy (non-hydrogen) atoms. The van der Waals surface area contributed by atoms with Crippen LogP contribution < -0.4 is 40.0 Å². The van der Waals surface area contributed by atoms with Gasteiger partial charge in [0.05, 0.1) is 30.1 Å². The van der Waals surface area contributed by atoms with E-state index in [9.17, 15) is 21.4 Å². The van der Waals surface area contributed by atoms with Gasteiger partial charge in [-0.25, -0.2) is 16.8 Å². The molecule has 0 aliphatic heterocycles. The summed E-state index contributed by atoms with van der Waals surface area (Å²) in [6, 6.07) is 3.81. The SMILES string of the molecule is COc1ccc(S(=O)(=O)CCOS(=O)(=O)[O-])cc1N.[Na+]. The molecular formula is C9H12NNaO7S2. The summed E-state index contributed by atoms with van der Waals surface area (Å²) in [4.78, 5) is -0.113. The van der Waals surface area contributed by atoms with Gasteiger partial charge in [-0.15, -0.1) is 0 Å². The molecule has 0 bridgehead atoms. The van der Waals surface area contributed by atoms with Gasteiger partial charge in [0, 0.05) is 0 Å². The van der Waals surface area contributed by atoms with E-state index in [2.05, 4.69) is 4.18 Å². The number of rotatable bonds is 6. The van der Waals surface area contributed by atoms with Crippen LogP contribution in [0.15, 0.2) is 23.1 Å². The summed E-state index contributed by atoms with van der Waals surface area (Å²) in [7, 11) is -7.32. The van der Waals surface area contributed by atoms with Crippen molar-refractivity contribution < 1.29 is 59.9 Å². The Morgan fingerprint density at radius 2 is 1.85 bits per heavy atom. The van der Waals surface area contributed by atoms with Crippen molar-refractivity contribution in [3.05, 3.63) is 18.2 Å². The first-order chi connectivity index (χ1) is 8.65. The van der Waals surface area contributed by atoms with Crippen molar-refractivity contribution in [2.75, 3.05) is 25.2 Å². The fourth-order valence-electron chi connectivity index (χ4n) is 1.27. The summed E-state index contributed by atoms with van der Waals surface area (Å²) in [6.07, 6.45) is 0. The van der Waals surface area contributed by atoms with Gasteiger partial charge in [-0.1, -0.05) is 0 Å². The third kappa shape index (κ3) is 5.95. The molecule has 0 saturated heterocycles. The van der Waals surface area contributed by atoms with Crippen molar-refractivity contribution in [2.45, 2.75) is 4.90 Å². The van der Waals surface area contributed by atoms with Gasteiger partial charge in [0.2, 0.25) is 10.4 Å². The fourth-order valence-corrected chi connectivity index (χ4v) is 2.78. The van der Waals surface area contributed by atoms with Crippen molar-refractivity contribution >= 4 is 25.9 Å². The molecule has 0 unspecified atom stereocenters. The third-order valence-corrected chi connectivity index (χ3v) is 4.27. The Labute approximate surface area is 139 Å². The molecule has 1 aromatic carbocycles. The van der Waals surface area contributed by atoms with Crippen LogP contribution >= 0.6 is 0 Å². The van der Waals surface area contributed by atoms with E-state index >= 15 is 0 Å². The maximum Gasteiger partial charge on any atom is 1.00 e. The second kappa shape index (κ2) is 7.59. The van der Waals surface area contributed by atoms with Gasteiger partial charge in [-0.05, 0) is 18.2 Å². The van der Waals surface area contributed by atoms with E-state index in [1.54, 1.807) is 0 Å². The number of methoxy groups -OCH3 is 1. The van der Waals surface area contributed by atoms with E-state index in [-0.39, 0.29) is 40.1 Å². The van der Waals surface area contributed by atoms with Crippen LogP contribution in [0.2, 0.25) is 0 Å². The van der Waals surface area contributed by atoms with Crippen LogP contribution in [0.3, 0.4) is 0 Å². The minimum absolute atomic E-state index is 0. The van der Waals surface area contributed by atoms with E-state index in [4.69, 9.17) is 10.5 Å². The quantitative estimate of drug-likeness (QED) is 0.245. The van der Waals surface area contributed by atoms with Crippen LogP contribution in [0.1, 0.15) is 0 Å². The van der Waals surface area contributed by atoms with Crippen LogP contribution in [-0.4, -0.2) is 40.9 Å². The predicted molar refractivity (Wildman–Crippen MR) is 65.1 cm³/mol. The van der Waals surface area contributed by atoms with Crippen LogP contribution in [0.5, 0.6) is 5.75 Å². The first kappa shape index (κ1) is 19.6. The van der Waals surface area contributed by atoms with Crippen molar-refractivity contribution in [3.8, 4) is 5.75 Å². The number of hydrogen-bond donors (Lipinski definition) is 1. The van der Waals surface area contributed by atoms with Crippen LogP contribution in [-0.2, 0) is 24.4 Å². The van der Waals surface area contributed by atoms with Gasteiger partial charge in [-0.2, -0.15) is 0 Å². The molecule has 0 fully saturated rings. The zero-order chi connectivity index (χ0) is 14.7. The normalized spacial score (nSPS) is 11.7. The van der Waals surface area contributed by atoms with Gasteiger partial charge in [-0.3, -0.25) is 4.18 Å². The Balaban J connectivity index is 0.00000361. The third-order valence-electron chi connectivity index (χ3n) is 2.14. The van der Waals surface area contributed by atoms with Gasteiger partial charge >= 0.3 is 29.6 Å². The minimum atomic E-state index is -4.91. The molecule has 0 aliphatic carbocycles. The first-order valence-corrected chi connectivity index (χ1v) is 7.91. The molecule has 0 aromatic heterocycles. The number of sulfone groups is 1. The Bertz CT molecular complexity index is 657. The average Bonchev–Trinajstić information content (AvgIpc) is 2.26. The molecule has 2 N–H and O–H groups in total. The molecule has 1 aromatic rings. The molecule has 0 amide bonds. The monoisotopic (exact) mass is 333 g/mol. The summed E-state index contributed by atoms with van der Waals surface area (Å²) in [5, 5.41) is 0. The molecule has 0 spiro atoms. The van der Waals surface area contributed by atoms with E-state index in [0.29, 0.717) is 5.75 Å². The number of benzene rings is 1. The summed E-state index contributed by atoms with van der Waals surface area (Å²) in [5.41, 5.74) is 5.69. The van der Waals surface area contributed by atoms with E-state index in [1.165, 1.54) is 25.3 Å². The van der Waals surface area contributed by atoms with Gasteiger partial charge in [0.15, 0.2) is 9.84 Å². The zero-order valence-corrected chi connectivity index (χ0v) is 14.5. The molecule has 0 saturated carbocycles. The fraction of sp³-hybridized carbons (Fsp3) is 0.333. The molecule has 11 heteroatoms. The number of nitrogen functional groups attached to an aromatic ring is 1. The number of anilines is 1. The summed E-state index contributed by atoms with van der Waals surface area (Å²) >= 11 is 0. The summed E-state index contributed by atoms with van der Waals surface area (Å²) < 4.78 is 62.9. The maximum atomic E-state index is 11.8. The van der Waals surface area contributed by atoms with E-state index in [1.807, 2.05) is 0 Å². The number of nitrogens with two attached hydrogens (primary N) is 1. The largest absolute Gasteiger partial charge is 1.00 e. The van der Waals surface area contributed by atoms with Crippen molar-refractivity contribution in [1.29, 1.82) is 0 Å². The molecule has 0 heterocycles. The van der Waals surface area contributed by atoms with Gasteiger partial charge < -0.3 is 15.0 Å². The maximum absolute atomic E-state index is 11.8. The van der Waals surface area contributed by atoms with Gasteiger partial charge in [0.1, 0.15) is 5.75 Å². The molecule has 0 atom stereocenters. The second-order valence-electron chi connectivity index (χ2n) is 3.45. The second-order valence-corrected chi connectivity index (χ2v) is 6.61. The standard InChI is InChI=1S/C9H13NO7S2.Na/c1-16-9-3-2-7(6-8(9)10)18(11,12)5-4-17-19(13,14)15;/h2-3,6H,4-5,10H2,1H3,(H,13,14,15);/q;+1/p-1. The average molecular weight is 333 g/mol. The topological polar surface area (TPSA) is 136 Å². The number of hydrogen-bond acceptors (Lipinski definition) is 8. The molecule has 0 aliphatic rings. The molecular weight excluding hydrogens is 321 g/mol. The summed E-state index contributed by atoms with van der Waals surface area (Å²) in [6.45, 7) is -0.750. The Kier molecular flexibility index (Phi) is 7.46. The minimum Gasteiger partial charge on any atom is -0.726 e. The summed E-state index contributed by atoms with van der Waals surface area (Å²) in [5.74, 6) is -0.336. The van der Waals surface area contributed by atoms with Gasteiger partial charge in [0.25, 0.3) is 0 Å². The number of ether oxygens (including phenoxy) is 1. The van der Waals surface area contributed by atoms with Crippen LogP contribution in [0.25, 0.3) is 0 Å². The van der Waals surface area contributed by atoms with Crippen LogP contribution in [0, 0.1) is 0 Å². The first-order valence-electron chi connectivity index (χ1n) is 4.92. The predicted octanol–water partition coefficient (Wildman–Crippen LogP) is -3.47. The smallest absolute Gasteiger partial charge is 0.726 e. The van der Waals surface area contributed by atoms with E-state index in [0.717, 1.165) is 0 Å². The Morgan fingerprint density at radius 3 is 2.30 bits per heavy atom. The van der Waals surface area contributed by atoms with Crippen molar-refractivity contribution in [2.24, 2.45) is 0 Å². The van der Waals surface area contributed by atoms with E-state index < -0.39 is 32.6 Å². The van der Waals surface area contributed by atoms with Crippen LogP contribution in [0.4, 0.5) is 5.69 Å². The zero-order valence-electron chi connectivity index (χ0n) is 10.9. The Morgan fingerprint density at radius 1 is 1.25 bits per heavy atom. The molecule has 108 valence electrons. The van der Waals surface area contributed by atoms with Crippen molar-refractivity contribution in [3.63, 3.8) is 0 Å². The molecule has 8 nitrogen and oxygen atoms in total. The van der Waals surface area contributed by atoms with Crippen molar-refractivity contribution in [1.82, 2.24) is 0 Å². The molecule has 1 rings (SSSR count).